The Morgan fingerprint density at radius 3 is 2.27 bits per heavy atom. The van der Waals surface area contributed by atoms with Gasteiger partial charge in [0.15, 0.2) is 6.04 Å². The molecule has 5 heterocycles. The predicted molar refractivity (Wildman–Crippen MR) is 201 cm³/mol. The van der Waals surface area contributed by atoms with Crippen molar-refractivity contribution in [1.29, 1.82) is 0 Å². The molecule has 1 fully saturated rings. The molecule has 0 spiro atoms. The van der Waals surface area contributed by atoms with E-state index in [1.807, 2.05) is 74.5 Å². The lowest BCUT2D eigenvalue weighted by atomic mass is 10.0. The lowest BCUT2D eigenvalue weighted by Gasteiger charge is -2.29. The highest BCUT2D eigenvalue weighted by atomic mass is 32.2. The minimum absolute atomic E-state index is 0.00574. The van der Waals surface area contributed by atoms with Crippen LogP contribution in [0.4, 0.5) is 0 Å². The van der Waals surface area contributed by atoms with Crippen LogP contribution in [0.15, 0.2) is 76.0 Å². The quantitative estimate of drug-likeness (QED) is 0.360. The molecule has 6 bridgehead atoms. The van der Waals surface area contributed by atoms with Crippen molar-refractivity contribution in [2.75, 3.05) is 12.3 Å². The van der Waals surface area contributed by atoms with Gasteiger partial charge in [0.25, 0.3) is 5.91 Å². The van der Waals surface area contributed by atoms with Crippen LogP contribution in [0.25, 0.3) is 0 Å². The number of nitrogens with one attached hydrogen (secondary N) is 3. The van der Waals surface area contributed by atoms with Crippen LogP contribution in [0.2, 0.25) is 0 Å². The average Bonchev–Trinajstić information content (AvgIpc) is 3.97. The summed E-state index contributed by atoms with van der Waals surface area (Å²) in [5.41, 5.74) is 2.06. The molecule has 7 atom stereocenters. The van der Waals surface area contributed by atoms with Gasteiger partial charge in [-0.2, -0.15) is 0 Å². The zero-order chi connectivity index (χ0) is 36.4. The number of ether oxygens (including phenoxy) is 1. The zero-order valence-electron chi connectivity index (χ0n) is 29.4. The Balaban J connectivity index is 1.26. The first kappa shape index (κ1) is 35.8. The number of carbonyl (C=O) groups excluding carboxylic acids is 4. The van der Waals surface area contributed by atoms with E-state index in [0.29, 0.717) is 41.1 Å². The number of aliphatic imine (C=N–C) groups is 2. The normalized spacial score (nSPS) is 28.2. The largest absolute Gasteiger partial charge is 0.474 e. The van der Waals surface area contributed by atoms with Crippen LogP contribution in [-0.2, 0) is 32.0 Å². The topological polar surface area (TPSA) is 154 Å². The summed E-state index contributed by atoms with van der Waals surface area (Å²) in [6.07, 6.45) is 1.53. The number of fused-ring (bicyclic) bond motifs is 6. The Kier molecular flexibility index (Phi) is 10.7. The first-order valence-corrected chi connectivity index (χ1v) is 19.7. The molecule has 0 saturated carbocycles. The van der Waals surface area contributed by atoms with Gasteiger partial charge in [-0.25, -0.2) is 9.98 Å². The number of carbonyl (C=O) groups is 4. The van der Waals surface area contributed by atoms with E-state index < -0.39 is 48.3 Å². The van der Waals surface area contributed by atoms with Crippen molar-refractivity contribution >= 4 is 57.7 Å². The summed E-state index contributed by atoms with van der Waals surface area (Å²) >= 11 is 2.75. The number of hydrogen-bond acceptors (Lipinski definition) is 10. The van der Waals surface area contributed by atoms with Gasteiger partial charge < -0.3 is 25.6 Å². The van der Waals surface area contributed by atoms with Gasteiger partial charge in [-0.3, -0.25) is 24.2 Å². The second kappa shape index (κ2) is 15.6. The molecule has 4 aliphatic heterocycles. The third-order valence-corrected chi connectivity index (χ3v) is 11.9. The minimum Gasteiger partial charge on any atom is -0.474 e. The van der Waals surface area contributed by atoms with E-state index in [1.165, 1.54) is 23.1 Å². The van der Waals surface area contributed by atoms with Crippen LogP contribution in [0.5, 0.6) is 0 Å². The van der Waals surface area contributed by atoms with Crippen LogP contribution in [0, 0.1) is 5.92 Å². The van der Waals surface area contributed by atoms with E-state index in [2.05, 4.69) is 16.0 Å². The van der Waals surface area contributed by atoms with Crippen LogP contribution >= 0.6 is 23.1 Å². The van der Waals surface area contributed by atoms with Crippen molar-refractivity contribution in [2.24, 2.45) is 15.9 Å². The molecule has 0 radical (unpaired) electrons. The third kappa shape index (κ3) is 7.77. The second-order valence-corrected chi connectivity index (χ2v) is 15.9. The van der Waals surface area contributed by atoms with Gasteiger partial charge in [0.2, 0.25) is 23.6 Å². The number of amides is 4. The summed E-state index contributed by atoms with van der Waals surface area (Å²) in [5, 5.41) is 12.2. The van der Waals surface area contributed by atoms with E-state index in [4.69, 9.17) is 19.7 Å². The monoisotopic (exact) mass is 741 g/mol. The van der Waals surface area contributed by atoms with Crippen molar-refractivity contribution in [3.05, 3.63) is 87.9 Å². The highest BCUT2D eigenvalue weighted by Gasteiger charge is 2.44. The number of thiazole rings is 1. The molecule has 1 aromatic heterocycles. The molecule has 1 saturated heterocycles. The Bertz CT molecular complexity index is 1870. The molecular weight excluding hydrogens is 699 g/mol. The van der Waals surface area contributed by atoms with Crippen molar-refractivity contribution in [3.8, 4) is 0 Å². The fourth-order valence-electron chi connectivity index (χ4n) is 7.05. The van der Waals surface area contributed by atoms with E-state index in [1.54, 1.807) is 17.2 Å². The smallest absolute Gasteiger partial charge is 0.271 e. The molecule has 3 N–H and O–H groups in total. The maximum atomic E-state index is 14.4. The van der Waals surface area contributed by atoms with Crippen LogP contribution in [0.1, 0.15) is 66.3 Å². The molecule has 52 heavy (non-hydrogen) atoms. The predicted octanol–water partition coefficient (Wildman–Crippen LogP) is 3.73. The average molecular weight is 742 g/mol. The number of thioether (sulfide) groups is 1. The van der Waals surface area contributed by atoms with Gasteiger partial charge in [-0.15, -0.1) is 23.1 Å². The molecular formula is C38H43N7O5S2. The molecule has 2 aromatic carbocycles. The van der Waals surface area contributed by atoms with Crippen molar-refractivity contribution in [1.82, 2.24) is 25.8 Å². The van der Waals surface area contributed by atoms with Gasteiger partial charge in [-0.1, -0.05) is 74.5 Å². The summed E-state index contributed by atoms with van der Waals surface area (Å²) in [6.45, 7) is 6.28. The Morgan fingerprint density at radius 2 is 1.58 bits per heavy atom. The first-order chi connectivity index (χ1) is 25.1. The molecule has 7 rings (SSSR count). The molecule has 5 unspecified atom stereocenters. The van der Waals surface area contributed by atoms with Crippen molar-refractivity contribution < 1.29 is 23.9 Å². The lowest BCUT2D eigenvalue weighted by Crippen LogP contribution is -2.52. The lowest BCUT2D eigenvalue weighted by molar-refractivity contribution is -0.133. The first-order valence-electron chi connectivity index (χ1n) is 17.8. The molecule has 14 heteroatoms. The summed E-state index contributed by atoms with van der Waals surface area (Å²) in [4.78, 5) is 71.9. The number of nitrogens with zero attached hydrogens (tertiary/aromatic N) is 4. The summed E-state index contributed by atoms with van der Waals surface area (Å²) in [5.74, 6) is -0.510. The molecule has 0 aliphatic carbocycles. The SMILES string of the molecule is CC(C)C1NC(=O)[C@H]2N=C(OC2C)[C@@H]2CCCN2C(=O)C(Cc2ccccc2)NC(=O)c2csc(n2)C(Cc2ccccc2)NC(=O)C2CSC1=N2. The minimum atomic E-state index is -0.897. The standard InChI is InChI=1S/C38H43N7O5S2/c1-21(2)30-37-42-28(20-52-37)32(46)39-25(17-23-11-6-4-7-12-23)36-41-27(19-51-36)33(47)40-26(18-24-13-8-5-9-14-24)38(49)45-16-10-15-29(45)35-44-31(22(3)50-35)34(48)43-30/h4-9,11-14,19,21-22,25-26,28-31H,10,15-18,20H2,1-3H3,(H,39,46)(H,40,47)(H,43,48)/t22?,25?,26?,28?,29-,30?,31-/m0/s1. The van der Waals surface area contributed by atoms with Crippen molar-refractivity contribution in [2.45, 2.75) is 88.8 Å². The number of hydrogen-bond donors (Lipinski definition) is 3. The second-order valence-electron chi connectivity index (χ2n) is 14.0. The Labute approximate surface area is 311 Å². The van der Waals surface area contributed by atoms with Crippen LogP contribution < -0.4 is 16.0 Å². The zero-order valence-corrected chi connectivity index (χ0v) is 31.0. The number of aromatic nitrogens is 1. The highest BCUT2D eigenvalue weighted by Crippen LogP contribution is 2.29. The van der Waals surface area contributed by atoms with E-state index in [0.717, 1.165) is 17.5 Å². The van der Waals surface area contributed by atoms with Gasteiger partial charge in [0, 0.05) is 24.1 Å². The van der Waals surface area contributed by atoms with Crippen molar-refractivity contribution in [3.63, 3.8) is 0 Å². The van der Waals surface area contributed by atoms with Gasteiger partial charge in [0.05, 0.1) is 17.1 Å². The third-order valence-electron chi connectivity index (χ3n) is 9.85. The molecule has 3 aromatic rings. The number of benzene rings is 2. The van der Waals surface area contributed by atoms with Crippen LogP contribution in [-0.4, -0.2) is 93.1 Å². The summed E-state index contributed by atoms with van der Waals surface area (Å²) < 4.78 is 6.20. The van der Waals surface area contributed by atoms with E-state index >= 15 is 0 Å². The van der Waals surface area contributed by atoms with Gasteiger partial charge >= 0.3 is 0 Å². The maximum absolute atomic E-state index is 14.4. The molecule has 12 nitrogen and oxygen atoms in total. The summed E-state index contributed by atoms with van der Waals surface area (Å²) in [6, 6.07) is 15.6. The van der Waals surface area contributed by atoms with Gasteiger partial charge in [0.1, 0.15) is 34.9 Å². The summed E-state index contributed by atoms with van der Waals surface area (Å²) in [7, 11) is 0. The Hall–Kier alpha value is -4.56. The van der Waals surface area contributed by atoms with E-state index in [9.17, 15) is 19.2 Å². The van der Waals surface area contributed by atoms with E-state index in [-0.39, 0.29) is 35.8 Å². The number of rotatable bonds is 5. The van der Waals surface area contributed by atoms with Crippen LogP contribution in [0.3, 0.4) is 0 Å². The fourth-order valence-corrected chi connectivity index (χ4v) is 9.17. The fraction of sp³-hybridized carbons (Fsp3) is 0.447. The molecule has 4 aliphatic rings. The molecule has 272 valence electrons. The Morgan fingerprint density at radius 1 is 0.885 bits per heavy atom. The molecule has 4 amide bonds. The highest BCUT2D eigenvalue weighted by molar-refractivity contribution is 8.14. The van der Waals surface area contributed by atoms with Gasteiger partial charge in [-0.05, 0) is 43.2 Å². The maximum Gasteiger partial charge on any atom is 0.271 e.